The van der Waals surface area contributed by atoms with Crippen molar-refractivity contribution in [2.75, 3.05) is 13.6 Å². The highest BCUT2D eigenvalue weighted by molar-refractivity contribution is 7.89. The average molecular weight is 339 g/mol. The van der Waals surface area contributed by atoms with E-state index in [1.54, 1.807) is 24.9 Å². The first-order valence-electron chi connectivity index (χ1n) is 7.77. The lowest BCUT2D eigenvalue weighted by Gasteiger charge is -2.15. The molecule has 8 heteroatoms. The van der Waals surface area contributed by atoms with Gasteiger partial charge < -0.3 is 4.57 Å². The Kier molecular flexibility index (Phi) is 5.26. The monoisotopic (exact) mass is 339 g/mol. The SMILES string of the molecule is CCN(C)S(=O)(=O)c1c(C)nn(CCCn2ccnc2C)c1C. The summed E-state index contributed by atoms with van der Waals surface area (Å²) < 4.78 is 30.4. The van der Waals surface area contributed by atoms with E-state index < -0.39 is 10.0 Å². The van der Waals surface area contributed by atoms with Gasteiger partial charge in [-0.1, -0.05) is 6.92 Å². The summed E-state index contributed by atoms with van der Waals surface area (Å²) in [5.41, 5.74) is 1.26. The fourth-order valence-corrected chi connectivity index (χ4v) is 4.17. The molecule has 23 heavy (non-hydrogen) atoms. The third-order valence-electron chi connectivity index (χ3n) is 4.12. The van der Waals surface area contributed by atoms with Gasteiger partial charge in [-0.15, -0.1) is 0 Å². The van der Waals surface area contributed by atoms with E-state index >= 15 is 0 Å². The molecule has 0 atom stereocenters. The molecule has 0 aliphatic rings. The molecule has 0 radical (unpaired) electrons. The highest BCUT2D eigenvalue weighted by Crippen LogP contribution is 2.22. The van der Waals surface area contributed by atoms with Gasteiger partial charge in [-0.2, -0.15) is 5.10 Å². The maximum atomic E-state index is 12.6. The fourth-order valence-electron chi connectivity index (χ4n) is 2.63. The summed E-state index contributed by atoms with van der Waals surface area (Å²) in [6.45, 7) is 9.30. The van der Waals surface area contributed by atoms with E-state index in [-0.39, 0.29) is 0 Å². The summed E-state index contributed by atoms with van der Waals surface area (Å²) in [5.74, 6) is 0.978. The van der Waals surface area contributed by atoms with Gasteiger partial charge in [0.1, 0.15) is 10.7 Å². The summed E-state index contributed by atoms with van der Waals surface area (Å²) in [6.07, 6.45) is 4.59. The molecule has 0 saturated heterocycles. The first kappa shape index (κ1) is 17.7. The first-order chi connectivity index (χ1) is 10.8. The zero-order valence-electron chi connectivity index (χ0n) is 14.4. The van der Waals surface area contributed by atoms with Crippen LogP contribution in [-0.2, 0) is 23.1 Å². The van der Waals surface area contributed by atoms with Crippen LogP contribution in [0.2, 0.25) is 0 Å². The lowest BCUT2D eigenvalue weighted by atomic mass is 10.3. The van der Waals surface area contributed by atoms with E-state index in [0.29, 0.717) is 29.4 Å². The predicted octanol–water partition coefficient (Wildman–Crippen LogP) is 1.74. The number of aryl methyl sites for hydroxylation is 4. The molecule has 0 aliphatic carbocycles. The van der Waals surface area contributed by atoms with Gasteiger partial charge in [0.05, 0.1) is 11.4 Å². The van der Waals surface area contributed by atoms with Crippen molar-refractivity contribution in [2.45, 2.75) is 52.1 Å². The van der Waals surface area contributed by atoms with Crippen molar-refractivity contribution in [1.82, 2.24) is 23.6 Å². The standard InChI is InChI=1S/C15H25N5O2S/c1-6-18(5)23(21,22)15-12(2)17-20(13(15)3)10-7-9-19-11-8-16-14(19)4/h8,11H,6-7,9-10H2,1-5H3. The van der Waals surface area contributed by atoms with Gasteiger partial charge in [0.2, 0.25) is 10.0 Å². The minimum atomic E-state index is -3.47. The van der Waals surface area contributed by atoms with Crippen LogP contribution in [0, 0.1) is 20.8 Å². The molecule has 7 nitrogen and oxygen atoms in total. The largest absolute Gasteiger partial charge is 0.335 e. The molecule has 0 N–H and O–H groups in total. The average Bonchev–Trinajstić information content (AvgIpc) is 3.02. The quantitative estimate of drug-likeness (QED) is 0.770. The Morgan fingerprint density at radius 3 is 2.48 bits per heavy atom. The molecular weight excluding hydrogens is 314 g/mol. The summed E-state index contributed by atoms with van der Waals surface area (Å²) >= 11 is 0. The van der Waals surface area contributed by atoms with Crippen LogP contribution in [0.4, 0.5) is 0 Å². The Morgan fingerprint density at radius 2 is 1.91 bits per heavy atom. The molecule has 0 amide bonds. The van der Waals surface area contributed by atoms with Crippen molar-refractivity contribution in [2.24, 2.45) is 0 Å². The van der Waals surface area contributed by atoms with Crippen molar-refractivity contribution in [3.63, 3.8) is 0 Å². The summed E-state index contributed by atoms with van der Waals surface area (Å²) in [6, 6.07) is 0. The summed E-state index contributed by atoms with van der Waals surface area (Å²) in [4.78, 5) is 4.53. The third-order valence-corrected chi connectivity index (χ3v) is 6.31. The van der Waals surface area contributed by atoms with Gasteiger partial charge in [0.25, 0.3) is 0 Å². The molecule has 0 unspecified atom stereocenters. The van der Waals surface area contributed by atoms with E-state index in [1.807, 2.05) is 27.0 Å². The molecule has 2 aromatic rings. The smallest absolute Gasteiger partial charge is 0.246 e. The van der Waals surface area contributed by atoms with Crippen molar-refractivity contribution >= 4 is 10.0 Å². The lowest BCUT2D eigenvalue weighted by molar-refractivity contribution is 0.484. The molecule has 0 aromatic carbocycles. The molecule has 0 bridgehead atoms. The van der Waals surface area contributed by atoms with Crippen LogP contribution >= 0.6 is 0 Å². The van der Waals surface area contributed by atoms with Gasteiger partial charge in [-0.25, -0.2) is 17.7 Å². The van der Waals surface area contributed by atoms with E-state index in [4.69, 9.17) is 0 Å². The van der Waals surface area contributed by atoms with Gasteiger partial charge in [-0.3, -0.25) is 4.68 Å². The summed E-state index contributed by atoms with van der Waals surface area (Å²) in [5, 5.41) is 4.42. The van der Waals surface area contributed by atoms with Crippen molar-refractivity contribution < 1.29 is 8.42 Å². The summed E-state index contributed by atoms with van der Waals surface area (Å²) in [7, 11) is -1.88. The van der Waals surface area contributed by atoms with Crippen molar-refractivity contribution in [3.05, 3.63) is 29.6 Å². The normalized spacial score (nSPS) is 12.3. The van der Waals surface area contributed by atoms with Gasteiger partial charge in [0, 0.05) is 39.1 Å². The minimum absolute atomic E-state index is 0.334. The predicted molar refractivity (Wildman–Crippen MR) is 88.8 cm³/mol. The number of imidazole rings is 1. The maximum absolute atomic E-state index is 12.6. The Balaban J connectivity index is 2.16. The second-order valence-corrected chi connectivity index (χ2v) is 7.65. The zero-order valence-corrected chi connectivity index (χ0v) is 15.3. The van der Waals surface area contributed by atoms with Gasteiger partial charge in [0.15, 0.2) is 0 Å². The molecule has 0 spiro atoms. The number of rotatable bonds is 7. The molecule has 2 heterocycles. The molecule has 0 saturated carbocycles. The van der Waals surface area contributed by atoms with Crippen LogP contribution < -0.4 is 0 Å². The number of nitrogens with zero attached hydrogens (tertiary/aromatic N) is 5. The Labute approximate surface area is 138 Å². The van der Waals surface area contributed by atoms with Crippen LogP contribution in [-0.4, -0.2) is 45.6 Å². The second-order valence-electron chi connectivity index (χ2n) is 5.66. The molecule has 2 aromatic heterocycles. The first-order valence-corrected chi connectivity index (χ1v) is 9.21. The number of hydrogen-bond donors (Lipinski definition) is 0. The Morgan fingerprint density at radius 1 is 1.22 bits per heavy atom. The van der Waals surface area contributed by atoms with Crippen molar-refractivity contribution in [1.29, 1.82) is 0 Å². The van der Waals surface area contributed by atoms with E-state index in [9.17, 15) is 8.42 Å². The highest BCUT2D eigenvalue weighted by Gasteiger charge is 2.27. The van der Waals surface area contributed by atoms with Gasteiger partial charge >= 0.3 is 0 Å². The second kappa shape index (κ2) is 6.84. The Hall–Kier alpha value is -1.67. The molecular formula is C15H25N5O2S. The number of hydrogen-bond acceptors (Lipinski definition) is 4. The molecule has 0 aliphatic heterocycles. The van der Waals surface area contributed by atoms with E-state index in [0.717, 1.165) is 18.8 Å². The lowest BCUT2D eigenvalue weighted by Crippen LogP contribution is -2.27. The van der Waals surface area contributed by atoms with Crippen LogP contribution in [0.3, 0.4) is 0 Å². The minimum Gasteiger partial charge on any atom is -0.335 e. The molecule has 128 valence electrons. The zero-order chi connectivity index (χ0) is 17.2. The van der Waals surface area contributed by atoms with Crippen LogP contribution in [0.5, 0.6) is 0 Å². The van der Waals surface area contributed by atoms with Crippen LogP contribution in [0.15, 0.2) is 17.3 Å². The van der Waals surface area contributed by atoms with Crippen molar-refractivity contribution in [3.8, 4) is 0 Å². The van der Waals surface area contributed by atoms with E-state index in [1.165, 1.54) is 4.31 Å². The van der Waals surface area contributed by atoms with Crippen LogP contribution in [0.25, 0.3) is 0 Å². The Bertz CT molecular complexity index is 776. The molecule has 0 fully saturated rings. The van der Waals surface area contributed by atoms with Gasteiger partial charge in [-0.05, 0) is 27.2 Å². The van der Waals surface area contributed by atoms with E-state index in [2.05, 4.69) is 14.6 Å². The molecule has 2 rings (SSSR count). The highest BCUT2D eigenvalue weighted by atomic mass is 32.2. The maximum Gasteiger partial charge on any atom is 0.246 e. The van der Waals surface area contributed by atoms with Crippen LogP contribution in [0.1, 0.15) is 30.6 Å². The fraction of sp³-hybridized carbons (Fsp3) is 0.600. The third kappa shape index (κ3) is 3.48. The number of sulfonamides is 1. The topological polar surface area (TPSA) is 73.0 Å². The number of aromatic nitrogens is 4.